The van der Waals surface area contributed by atoms with Crippen molar-refractivity contribution in [3.05, 3.63) is 46.7 Å². The Bertz CT molecular complexity index is 1200. The van der Waals surface area contributed by atoms with Crippen LogP contribution < -0.4 is 10.6 Å². The van der Waals surface area contributed by atoms with Gasteiger partial charge >= 0.3 is 0 Å². The molecule has 1 atom stereocenters. The van der Waals surface area contributed by atoms with Gasteiger partial charge in [0.05, 0.1) is 5.69 Å². The van der Waals surface area contributed by atoms with E-state index in [-0.39, 0.29) is 17.1 Å². The summed E-state index contributed by atoms with van der Waals surface area (Å²) in [7, 11) is 2.64. The minimum atomic E-state index is -0.151. The lowest BCUT2D eigenvalue weighted by Gasteiger charge is -2.20. The Morgan fingerprint density at radius 2 is 1.71 bits per heavy atom. The molecule has 0 bridgehead atoms. The number of hydrogen-bond donors (Lipinski definition) is 1. The number of aromatic nitrogens is 1. The first-order valence-electron chi connectivity index (χ1n) is 13.3. The standard InChI is InChI=1S/C21H23ClNO2P.C6H14.C4H9NO/c1-11(2)19(24)17-10-16-20(25-17)13(21(3,4)5)9-15(23-16)12-6-7-14(22)18(26)8-12;1-5-6(2,3)4;1-2-3-5-4-6/h6-11H,26H2,1-5H3;5H2,1-4H3;4H,2-3H2,1H3,(H,5,6). The largest absolute Gasteiger partial charge is 0.451 e. The van der Waals surface area contributed by atoms with Gasteiger partial charge in [-0.3, -0.25) is 9.59 Å². The summed E-state index contributed by atoms with van der Waals surface area (Å²) < 4.78 is 5.95. The Morgan fingerprint density at radius 3 is 2.13 bits per heavy atom. The van der Waals surface area contributed by atoms with Crippen LogP contribution in [0.4, 0.5) is 0 Å². The van der Waals surface area contributed by atoms with Crippen LogP contribution in [0.3, 0.4) is 0 Å². The van der Waals surface area contributed by atoms with Gasteiger partial charge in [0.15, 0.2) is 11.3 Å². The average Bonchev–Trinajstić information content (AvgIpc) is 3.27. The van der Waals surface area contributed by atoms with Crippen molar-refractivity contribution in [3.8, 4) is 11.3 Å². The van der Waals surface area contributed by atoms with E-state index >= 15 is 0 Å². The number of halogens is 1. The zero-order chi connectivity index (χ0) is 29.3. The van der Waals surface area contributed by atoms with Crippen LogP contribution >= 0.6 is 20.8 Å². The number of ketones is 1. The van der Waals surface area contributed by atoms with Gasteiger partial charge in [-0.05, 0) is 40.8 Å². The molecule has 0 spiro atoms. The molecule has 7 heteroatoms. The number of fused-ring (bicyclic) bond motifs is 1. The summed E-state index contributed by atoms with van der Waals surface area (Å²) in [6, 6.07) is 9.62. The molecule has 1 unspecified atom stereocenters. The van der Waals surface area contributed by atoms with E-state index in [9.17, 15) is 9.59 Å². The smallest absolute Gasteiger partial charge is 0.207 e. The molecule has 0 aliphatic rings. The van der Waals surface area contributed by atoms with E-state index in [0.717, 1.165) is 35.1 Å². The molecule has 1 amide bonds. The van der Waals surface area contributed by atoms with Gasteiger partial charge in [-0.25, -0.2) is 4.98 Å². The van der Waals surface area contributed by atoms with E-state index in [4.69, 9.17) is 21.0 Å². The highest BCUT2D eigenvalue weighted by Crippen LogP contribution is 2.35. The SMILES string of the molecule is CC(C)C(=O)c1cc2nc(-c3ccc(Cl)c(P)c3)cc(C(C)(C)C)c2o1.CCC(C)(C)C.CCCNC=O. The Kier molecular flexibility index (Phi) is 13.2. The van der Waals surface area contributed by atoms with E-state index in [1.807, 2.05) is 45.0 Å². The number of Topliss-reactive ketones (excluding diaryl/α,β-unsaturated/α-hetero) is 1. The van der Waals surface area contributed by atoms with Gasteiger partial charge in [-0.2, -0.15) is 0 Å². The van der Waals surface area contributed by atoms with Crippen LogP contribution in [0.5, 0.6) is 0 Å². The second-order valence-corrected chi connectivity index (χ2v) is 12.9. The number of hydrogen-bond acceptors (Lipinski definition) is 4. The lowest BCUT2D eigenvalue weighted by atomic mass is 9.86. The molecule has 0 radical (unpaired) electrons. The van der Waals surface area contributed by atoms with Crippen LogP contribution in [0.1, 0.15) is 98.2 Å². The molecule has 0 aliphatic carbocycles. The molecule has 3 rings (SSSR count). The van der Waals surface area contributed by atoms with Gasteiger partial charge in [0.25, 0.3) is 0 Å². The van der Waals surface area contributed by atoms with Crippen molar-refractivity contribution in [1.29, 1.82) is 0 Å². The van der Waals surface area contributed by atoms with E-state index in [1.165, 1.54) is 6.42 Å². The monoisotopic (exact) mass is 560 g/mol. The number of pyridine rings is 1. The van der Waals surface area contributed by atoms with Gasteiger partial charge in [0.2, 0.25) is 12.2 Å². The van der Waals surface area contributed by atoms with Gasteiger partial charge in [0, 0.05) is 34.7 Å². The summed E-state index contributed by atoms with van der Waals surface area (Å²) in [6.45, 7) is 21.9. The lowest BCUT2D eigenvalue weighted by Crippen LogP contribution is -2.12. The first-order valence-corrected chi connectivity index (χ1v) is 14.2. The number of benzene rings is 1. The maximum Gasteiger partial charge on any atom is 0.207 e. The number of carbonyl (C=O) groups excluding carboxylic acids is 2. The average molecular weight is 561 g/mol. The normalized spacial score (nSPS) is 11.4. The summed E-state index contributed by atoms with van der Waals surface area (Å²) in [6.07, 6.45) is 3.00. The molecule has 1 aromatic carbocycles. The topological polar surface area (TPSA) is 72.2 Å². The second-order valence-electron chi connectivity index (χ2n) is 11.9. The van der Waals surface area contributed by atoms with E-state index < -0.39 is 0 Å². The van der Waals surface area contributed by atoms with Crippen molar-refractivity contribution in [2.75, 3.05) is 6.54 Å². The summed E-state index contributed by atoms with van der Waals surface area (Å²) in [5, 5.41) is 4.14. The molecular weight excluding hydrogens is 515 g/mol. The highest BCUT2D eigenvalue weighted by Gasteiger charge is 2.24. The summed E-state index contributed by atoms with van der Waals surface area (Å²) in [5.74, 6) is 0.236. The first-order chi connectivity index (χ1) is 17.5. The van der Waals surface area contributed by atoms with Crippen molar-refractivity contribution in [1.82, 2.24) is 10.3 Å². The zero-order valence-corrected chi connectivity index (χ0v) is 26.7. The van der Waals surface area contributed by atoms with E-state index in [2.05, 4.69) is 63.0 Å². The van der Waals surface area contributed by atoms with Gasteiger partial charge < -0.3 is 9.73 Å². The molecule has 0 saturated heterocycles. The van der Waals surface area contributed by atoms with Crippen LogP contribution in [0.25, 0.3) is 22.4 Å². The Hall–Kier alpha value is -2.23. The maximum absolute atomic E-state index is 12.4. The Labute approximate surface area is 236 Å². The van der Waals surface area contributed by atoms with Crippen molar-refractivity contribution in [2.45, 2.75) is 87.5 Å². The molecule has 0 saturated carbocycles. The number of furan rings is 1. The predicted octanol–water partition coefficient (Wildman–Crippen LogP) is 8.37. The number of nitrogens with zero attached hydrogens (tertiary/aromatic N) is 1. The minimum absolute atomic E-state index is 0.0110. The number of amides is 1. The van der Waals surface area contributed by atoms with E-state index in [0.29, 0.717) is 33.7 Å². The summed E-state index contributed by atoms with van der Waals surface area (Å²) in [5.41, 5.74) is 4.63. The summed E-state index contributed by atoms with van der Waals surface area (Å²) >= 11 is 6.14. The molecule has 2 aromatic heterocycles. The maximum atomic E-state index is 12.4. The highest BCUT2D eigenvalue weighted by atomic mass is 35.5. The Morgan fingerprint density at radius 1 is 1.11 bits per heavy atom. The zero-order valence-electron chi connectivity index (χ0n) is 24.8. The molecule has 2 heterocycles. The number of rotatable bonds is 6. The van der Waals surface area contributed by atoms with Crippen molar-refractivity contribution < 1.29 is 14.0 Å². The number of nitrogens with one attached hydrogen (secondary N) is 1. The molecule has 0 aliphatic heterocycles. The third kappa shape index (κ3) is 10.5. The van der Waals surface area contributed by atoms with Crippen LogP contribution in [-0.4, -0.2) is 23.7 Å². The highest BCUT2D eigenvalue weighted by molar-refractivity contribution is 7.28. The minimum Gasteiger partial charge on any atom is -0.451 e. The van der Waals surface area contributed by atoms with Gasteiger partial charge in [-0.1, -0.05) is 93.3 Å². The van der Waals surface area contributed by atoms with Crippen LogP contribution in [0, 0.1) is 11.3 Å². The molecule has 0 fully saturated rings. The van der Waals surface area contributed by atoms with Crippen molar-refractivity contribution in [3.63, 3.8) is 0 Å². The van der Waals surface area contributed by atoms with E-state index in [1.54, 1.807) is 6.07 Å². The fourth-order valence-electron chi connectivity index (χ4n) is 3.04. The van der Waals surface area contributed by atoms with Gasteiger partial charge in [0.1, 0.15) is 5.52 Å². The fraction of sp³-hybridized carbons (Fsp3) is 0.516. The molecule has 210 valence electrons. The van der Waals surface area contributed by atoms with Gasteiger partial charge in [-0.15, -0.1) is 9.24 Å². The molecule has 1 N–H and O–H groups in total. The third-order valence-corrected chi connectivity index (χ3v) is 6.89. The molecule has 5 nitrogen and oxygen atoms in total. The molecule has 38 heavy (non-hydrogen) atoms. The number of carbonyl (C=O) groups is 2. The summed E-state index contributed by atoms with van der Waals surface area (Å²) in [4.78, 5) is 26.6. The molecular formula is C31H46ClN2O3P. The third-order valence-electron chi connectivity index (χ3n) is 5.88. The van der Waals surface area contributed by atoms with Crippen molar-refractivity contribution >= 4 is 49.4 Å². The Balaban J connectivity index is 0.000000503. The lowest BCUT2D eigenvalue weighted by molar-refractivity contribution is -0.109. The quantitative estimate of drug-likeness (QED) is 0.142. The van der Waals surface area contributed by atoms with Crippen LogP contribution in [-0.2, 0) is 10.2 Å². The predicted molar refractivity (Wildman–Crippen MR) is 166 cm³/mol. The first kappa shape index (κ1) is 33.8. The second kappa shape index (κ2) is 14.8. The fourth-order valence-corrected chi connectivity index (χ4v) is 3.43. The van der Waals surface area contributed by atoms with Crippen LogP contribution in [0.2, 0.25) is 5.02 Å². The van der Waals surface area contributed by atoms with Crippen LogP contribution in [0.15, 0.2) is 34.7 Å². The van der Waals surface area contributed by atoms with Crippen molar-refractivity contribution in [2.24, 2.45) is 11.3 Å². The molecule has 3 aromatic rings.